The molecule has 1 aliphatic rings. The van der Waals surface area contributed by atoms with E-state index >= 15 is 0 Å². The quantitative estimate of drug-likeness (QED) is 0.166. The summed E-state index contributed by atoms with van der Waals surface area (Å²) in [5.41, 5.74) is 13.7. The Balaban J connectivity index is 1.21. The molecule has 0 atom stereocenters. The van der Waals surface area contributed by atoms with Crippen molar-refractivity contribution in [1.82, 2.24) is 19.9 Å². The van der Waals surface area contributed by atoms with Crippen LogP contribution in [0, 0.1) is 0 Å². The van der Waals surface area contributed by atoms with E-state index in [1.165, 1.54) is 16.7 Å². The minimum absolute atomic E-state index is 0.653. The summed E-state index contributed by atoms with van der Waals surface area (Å²) >= 11 is 0. The fourth-order valence-corrected chi connectivity index (χ4v) is 8.10. The van der Waals surface area contributed by atoms with Crippen LogP contribution in [0.4, 0.5) is 0 Å². The highest BCUT2D eigenvalue weighted by Crippen LogP contribution is 2.58. The summed E-state index contributed by atoms with van der Waals surface area (Å²) in [6.07, 6.45) is 0. The molecule has 2 aromatic heterocycles. The lowest BCUT2D eigenvalue weighted by atomic mass is 9.67. The summed E-state index contributed by atoms with van der Waals surface area (Å²) in [7, 11) is 0. The second-order valence-corrected chi connectivity index (χ2v) is 13.8. The number of nitrogens with zero attached hydrogens (tertiary/aromatic N) is 4. The molecule has 0 N–H and O–H groups in total. The molecule has 0 spiro atoms. The van der Waals surface area contributed by atoms with Gasteiger partial charge < -0.3 is 0 Å². The Morgan fingerprint density at radius 2 is 0.709 bits per heavy atom. The fourth-order valence-electron chi connectivity index (χ4n) is 8.10. The van der Waals surface area contributed by atoms with Crippen LogP contribution >= 0.6 is 0 Å². The molecular formula is C51H34N4. The van der Waals surface area contributed by atoms with Crippen LogP contribution in [0.5, 0.6) is 0 Å². The zero-order valence-electron chi connectivity index (χ0n) is 29.9. The van der Waals surface area contributed by atoms with Crippen molar-refractivity contribution in [3.05, 3.63) is 229 Å². The van der Waals surface area contributed by atoms with Gasteiger partial charge in [0.15, 0.2) is 11.6 Å². The highest BCUT2D eigenvalue weighted by atomic mass is 14.9. The largest absolute Gasteiger partial charge is 0.228 e. The van der Waals surface area contributed by atoms with E-state index < -0.39 is 5.41 Å². The van der Waals surface area contributed by atoms with Crippen LogP contribution in [0.25, 0.3) is 67.8 Å². The maximum absolute atomic E-state index is 5.49. The molecule has 4 heteroatoms. The molecule has 4 nitrogen and oxygen atoms in total. The first kappa shape index (κ1) is 32.4. The lowest BCUT2D eigenvalue weighted by Gasteiger charge is -2.34. The average Bonchev–Trinajstić information content (AvgIpc) is 3.58. The number of aromatic nitrogens is 4. The van der Waals surface area contributed by atoms with Gasteiger partial charge in [-0.2, -0.15) is 0 Å². The molecule has 0 aliphatic heterocycles. The van der Waals surface area contributed by atoms with Crippen molar-refractivity contribution in [3.8, 4) is 67.8 Å². The standard InChI is InChI=1S/C51H34N4/c1-6-18-35(19-7-1)44-34-45(53-49(52-44)38-20-8-2-9-21-38)36-30-32-37(33-31-36)47-46-48(55-50(54-47)39-22-10-3-11-23-39)42-28-16-17-29-43(42)51(46,40-24-12-4-13-25-40)41-26-14-5-15-27-41/h1-34H. The van der Waals surface area contributed by atoms with Crippen molar-refractivity contribution < 1.29 is 0 Å². The van der Waals surface area contributed by atoms with Crippen LogP contribution in [-0.2, 0) is 5.41 Å². The van der Waals surface area contributed by atoms with Gasteiger partial charge in [-0.05, 0) is 22.8 Å². The number of rotatable bonds is 7. The highest BCUT2D eigenvalue weighted by molar-refractivity contribution is 5.91. The summed E-state index contributed by atoms with van der Waals surface area (Å²) in [5, 5.41) is 0. The summed E-state index contributed by atoms with van der Waals surface area (Å²) < 4.78 is 0. The molecule has 2 heterocycles. The number of benzene rings is 7. The molecule has 9 aromatic rings. The summed E-state index contributed by atoms with van der Waals surface area (Å²) in [6.45, 7) is 0. The van der Waals surface area contributed by atoms with Gasteiger partial charge in [-0.1, -0.05) is 200 Å². The van der Waals surface area contributed by atoms with Crippen LogP contribution < -0.4 is 0 Å². The van der Waals surface area contributed by atoms with Gasteiger partial charge in [0, 0.05) is 38.9 Å². The zero-order chi connectivity index (χ0) is 36.6. The fraction of sp³-hybridized carbons (Fsp3) is 0.0196. The smallest absolute Gasteiger partial charge is 0.160 e. The third-order valence-corrected chi connectivity index (χ3v) is 10.6. The topological polar surface area (TPSA) is 51.6 Å². The van der Waals surface area contributed by atoms with E-state index in [0.29, 0.717) is 11.6 Å². The maximum atomic E-state index is 5.49. The Labute approximate surface area is 320 Å². The summed E-state index contributed by atoms with van der Waals surface area (Å²) in [5.74, 6) is 1.39. The van der Waals surface area contributed by atoms with E-state index in [9.17, 15) is 0 Å². The van der Waals surface area contributed by atoms with Crippen LogP contribution in [0.15, 0.2) is 206 Å². The number of hydrogen-bond donors (Lipinski definition) is 0. The molecule has 0 radical (unpaired) electrons. The van der Waals surface area contributed by atoms with Gasteiger partial charge in [0.05, 0.1) is 28.2 Å². The molecule has 7 aromatic carbocycles. The SMILES string of the molecule is c1ccc(-c2cc(-c3ccc(-c4nc(-c5ccccc5)nc5c4C(c4ccccc4)(c4ccccc4)c4ccccc4-5)cc3)nc(-c3ccccc3)n2)cc1. The zero-order valence-corrected chi connectivity index (χ0v) is 29.9. The van der Waals surface area contributed by atoms with Gasteiger partial charge in [0.1, 0.15) is 0 Å². The third-order valence-electron chi connectivity index (χ3n) is 10.6. The first-order chi connectivity index (χ1) is 27.3. The lowest BCUT2D eigenvalue weighted by molar-refractivity contribution is 0.763. The molecule has 0 amide bonds. The normalized spacial score (nSPS) is 12.5. The predicted molar refractivity (Wildman–Crippen MR) is 222 cm³/mol. The van der Waals surface area contributed by atoms with Crippen LogP contribution in [0.1, 0.15) is 22.3 Å². The summed E-state index contributed by atoms with van der Waals surface area (Å²) in [6, 6.07) is 71.9. The van der Waals surface area contributed by atoms with Crippen molar-refractivity contribution >= 4 is 0 Å². The van der Waals surface area contributed by atoms with Gasteiger partial charge in [0.2, 0.25) is 0 Å². The van der Waals surface area contributed by atoms with Crippen molar-refractivity contribution in [1.29, 1.82) is 0 Å². The number of hydrogen-bond acceptors (Lipinski definition) is 4. The van der Waals surface area contributed by atoms with E-state index in [1.54, 1.807) is 0 Å². The van der Waals surface area contributed by atoms with Crippen molar-refractivity contribution in [2.45, 2.75) is 5.41 Å². The molecular weight excluding hydrogens is 669 g/mol. The summed E-state index contributed by atoms with van der Waals surface area (Å²) in [4.78, 5) is 21.0. The van der Waals surface area contributed by atoms with E-state index in [-0.39, 0.29) is 0 Å². The molecule has 258 valence electrons. The minimum Gasteiger partial charge on any atom is -0.228 e. The molecule has 10 rings (SSSR count). The first-order valence-electron chi connectivity index (χ1n) is 18.6. The van der Waals surface area contributed by atoms with E-state index in [2.05, 4.69) is 152 Å². The second kappa shape index (κ2) is 13.6. The van der Waals surface area contributed by atoms with Gasteiger partial charge in [-0.15, -0.1) is 0 Å². The van der Waals surface area contributed by atoms with E-state index in [1.807, 2.05) is 54.6 Å². The van der Waals surface area contributed by atoms with E-state index in [0.717, 1.165) is 61.7 Å². The predicted octanol–water partition coefficient (Wildman–Crippen LogP) is 12.0. The molecule has 0 bridgehead atoms. The molecule has 55 heavy (non-hydrogen) atoms. The van der Waals surface area contributed by atoms with Gasteiger partial charge in [-0.25, -0.2) is 19.9 Å². The van der Waals surface area contributed by atoms with Crippen molar-refractivity contribution in [3.63, 3.8) is 0 Å². The molecule has 0 saturated carbocycles. The highest BCUT2D eigenvalue weighted by Gasteiger charge is 2.49. The van der Waals surface area contributed by atoms with Gasteiger partial charge >= 0.3 is 0 Å². The first-order valence-corrected chi connectivity index (χ1v) is 18.6. The van der Waals surface area contributed by atoms with Gasteiger partial charge in [0.25, 0.3) is 0 Å². The monoisotopic (exact) mass is 702 g/mol. The average molecular weight is 703 g/mol. The Morgan fingerprint density at radius 3 is 1.25 bits per heavy atom. The molecule has 0 unspecified atom stereocenters. The van der Waals surface area contributed by atoms with Gasteiger partial charge in [-0.3, -0.25) is 0 Å². The molecule has 0 fully saturated rings. The Hall–Kier alpha value is -7.30. The van der Waals surface area contributed by atoms with Crippen molar-refractivity contribution in [2.24, 2.45) is 0 Å². The maximum Gasteiger partial charge on any atom is 0.160 e. The minimum atomic E-state index is -0.653. The van der Waals surface area contributed by atoms with Crippen LogP contribution in [0.3, 0.4) is 0 Å². The Kier molecular flexibility index (Phi) is 8.00. The van der Waals surface area contributed by atoms with Crippen LogP contribution in [-0.4, -0.2) is 19.9 Å². The molecule has 0 saturated heterocycles. The van der Waals surface area contributed by atoms with Crippen molar-refractivity contribution in [2.75, 3.05) is 0 Å². The third kappa shape index (κ3) is 5.55. The molecule has 1 aliphatic carbocycles. The Bertz CT molecular complexity index is 2670. The number of fused-ring (bicyclic) bond motifs is 3. The second-order valence-electron chi connectivity index (χ2n) is 13.8. The van der Waals surface area contributed by atoms with Crippen LogP contribution in [0.2, 0.25) is 0 Å². The Morgan fingerprint density at radius 1 is 0.309 bits per heavy atom. The lowest BCUT2D eigenvalue weighted by Crippen LogP contribution is -2.29. The van der Waals surface area contributed by atoms with E-state index in [4.69, 9.17) is 19.9 Å².